The number of hydrogen-bond acceptors (Lipinski definition) is 3. The fourth-order valence-electron chi connectivity index (χ4n) is 2.35. The fraction of sp³-hybridized carbons (Fsp3) is 0.438. The number of nitrogens with one attached hydrogen (secondary N) is 1. The Morgan fingerprint density at radius 3 is 3.00 bits per heavy atom. The van der Waals surface area contributed by atoms with Crippen LogP contribution >= 0.6 is 0 Å². The van der Waals surface area contributed by atoms with E-state index in [1.165, 1.54) is 5.56 Å². The molecule has 4 heteroatoms. The highest BCUT2D eigenvalue weighted by Gasteiger charge is 2.22. The first kappa shape index (κ1) is 14.8. The van der Waals surface area contributed by atoms with Crippen molar-refractivity contribution in [2.75, 3.05) is 26.2 Å². The number of carbonyl (C=O) groups is 1. The van der Waals surface area contributed by atoms with E-state index in [1.54, 1.807) is 6.08 Å². The van der Waals surface area contributed by atoms with Gasteiger partial charge in [0.25, 0.3) is 0 Å². The second kappa shape index (κ2) is 7.82. The molecular weight excluding hydrogens is 252 g/mol. The summed E-state index contributed by atoms with van der Waals surface area (Å²) in [6.07, 6.45) is 2.08. The van der Waals surface area contributed by atoms with Gasteiger partial charge >= 0.3 is 0 Å². The zero-order valence-electron chi connectivity index (χ0n) is 11.8. The van der Waals surface area contributed by atoms with E-state index in [0.717, 1.165) is 19.6 Å². The van der Waals surface area contributed by atoms with Crippen LogP contribution in [0, 0.1) is 0 Å². The standard InChI is InChI=1S/C16H22N2O2/c1-2-8-17-16(19)11-15-13-18(9-10-20-15)12-14-6-4-3-5-7-14/h2-7,15H,1,8-13H2,(H,17,19)/t15-/m1/s1. The van der Waals surface area contributed by atoms with Crippen molar-refractivity contribution in [3.8, 4) is 0 Å². The highest BCUT2D eigenvalue weighted by molar-refractivity contribution is 5.76. The first-order valence-corrected chi connectivity index (χ1v) is 7.03. The molecule has 0 saturated carbocycles. The predicted molar refractivity (Wildman–Crippen MR) is 79.3 cm³/mol. The second-order valence-electron chi connectivity index (χ2n) is 5.01. The van der Waals surface area contributed by atoms with Gasteiger partial charge < -0.3 is 10.1 Å². The maximum absolute atomic E-state index is 11.7. The Morgan fingerprint density at radius 2 is 2.25 bits per heavy atom. The summed E-state index contributed by atoms with van der Waals surface area (Å²) in [7, 11) is 0. The molecule has 1 aromatic rings. The molecule has 108 valence electrons. The van der Waals surface area contributed by atoms with E-state index in [0.29, 0.717) is 19.6 Å². The predicted octanol–water partition coefficient (Wildman–Crippen LogP) is 1.58. The van der Waals surface area contributed by atoms with Gasteiger partial charge in [0.05, 0.1) is 19.1 Å². The molecule has 1 atom stereocenters. The number of nitrogens with zero attached hydrogens (tertiary/aromatic N) is 1. The fourth-order valence-corrected chi connectivity index (χ4v) is 2.35. The van der Waals surface area contributed by atoms with Gasteiger partial charge in [0.2, 0.25) is 5.91 Å². The maximum atomic E-state index is 11.7. The monoisotopic (exact) mass is 274 g/mol. The van der Waals surface area contributed by atoms with Crippen molar-refractivity contribution in [1.82, 2.24) is 10.2 Å². The molecule has 1 aromatic carbocycles. The summed E-state index contributed by atoms with van der Waals surface area (Å²) < 4.78 is 5.67. The Bertz CT molecular complexity index is 433. The van der Waals surface area contributed by atoms with Gasteiger partial charge in [0.15, 0.2) is 0 Å². The summed E-state index contributed by atoms with van der Waals surface area (Å²) in [5, 5.41) is 2.79. The average Bonchev–Trinajstić information content (AvgIpc) is 2.46. The molecule has 4 nitrogen and oxygen atoms in total. The normalized spacial score (nSPS) is 19.5. The highest BCUT2D eigenvalue weighted by Crippen LogP contribution is 2.12. The van der Waals surface area contributed by atoms with Crippen LogP contribution in [0.25, 0.3) is 0 Å². The van der Waals surface area contributed by atoms with Crippen LogP contribution in [0.15, 0.2) is 43.0 Å². The number of hydrogen-bond donors (Lipinski definition) is 1. The van der Waals surface area contributed by atoms with Crippen molar-refractivity contribution in [2.24, 2.45) is 0 Å². The lowest BCUT2D eigenvalue weighted by molar-refractivity contribution is -0.125. The van der Waals surface area contributed by atoms with Gasteiger partial charge in [-0.1, -0.05) is 36.4 Å². The Morgan fingerprint density at radius 1 is 1.45 bits per heavy atom. The van der Waals surface area contributed by atoms with E-state index >= 15 is 0 Å². The summed E-state index contributed by atoms with van der Waals surface area (Å²) in [5.41, 5.74) is 1.30. The summed E-state index contributed by atoms with van der Waals surface area (Å²) in [5.74, 6) is 0.0245. The molecule has 20 heavy (non-hydrogen) atoms. The Kier molecular flexibility index (Phi) is 5.77. The van der Waals surface area contributed by atoms with E-state index in [4.69, 9.17) is 4.74 Å². The molecule has 0 aliphatic carbocycles. The topological polar surface area (TPSA) is 41.6 Å². The molecule has 1 heterocycles. The molecule has 0 aromatic heterocycles. The van der Waals surface area contributed by atoms with Crippen LogP contribution in [-0.4, -0.2) is 43.2 Å². The third-order valence-corrected chi connectivity index (χ3v) is 3.33. The van der Waals surface area contributed by atoms with E-state index < -0.39 is 0 Å². The van der Waals surface area contributed by atoms with Crippen LogP contribution in [0.4, 0.5) is 0 Å². The van der Waals surface area contributed by atoms with Crippen LogP contribution in [-0.2, 0) is 16.1 Å². The van der Waals surface area contributed by atoms with Gasteiger partial charge in [0, 0.05) is 26.2 Å². The molecule has 0 bridgehead atoms. The van der Waals surface area contributed by atoms with E-state index in [2.05, 4.69) is 41.1 Å². The largest absolute Gasteiger partial charge is 0.375 e. The molecule has 1 saturated heterocycles. The number of rotatable bonds is 6. The van der Waals surface area contributed by atoms with Crippen molar-refractivity contribution in [1.29, 1.82) is 0 Å². The molecule has 1 aliphatic heterocycles. The van der Waals surface area contributed by atoms with Gasteiger partial charge in [-0.2, -0.15) is 0 Å². The second-order valence-corrected chi connectivity index (χ2v) is 5.01. The maximum Gasteiger partial charge on any atom is 0.222 e. The Hall–Kier alpha value is -1.65. The molecule has 1 amide bonds. The van der Waals surface area contributed by atoms with Gasteiger partial charge in [-0.25, -0.2) is 0 Å². The first-order valence-electron chi connectivity index (χ1n) is 7.03. The number of carbonyl (C=O) groups excluding carboxylic acids is 1. The molecule has 0 spiro atoms. The Balaban J connectivity index is 1.79. The van der Waals surface area contributed by atoms with Crippen molar-refractivity contribution >= 4 is 5.91 Å². The zero-order chi connectivity index (χ0) is 14.2. The van der Waals surface area contributed by atoms with Gasteiger partial charge in [-0.05, 0) is 5.56 Å². The van der Waals surface area contributed by atoms with Crippen LogP contribution < -0.4 is 5.32 Å². The number of ether oxygens (including phenoxy) is 1. The van der Waals surface area contributed by atoms with E-state index in [-0.39, 0.29) is 12.0 Å². The van der Waals surface area contributed by atoms with Gasteiger partial charge in [0.1, 0.15) is 0 Å². The molecular formula is C16H22N2O2. The number of amides is 1. The van der Waals surface area contributed by atoms with Gasteiger partial charge in [-0.15, -0.1) is 6.58 Å². The van der Waals surface area contributed by atoms with Crippen molar-refractivity contribution in [2.45, 2.75) is 19.1 Å². The molecule has 2 rings (SSSR count). The summed E-state index contributed by atoms with van der Waals surface area (Å²) >= 11 is 0. The molecule has 1 aliphatic rings. The molecule has 1 fully saturated rings. The highest BCUT2D eigenvalue weighted by atomic mass is 16.5. The molecule has 0 unspecified atom stereocenters. The van der Waals surface area contributed by atoms with E-state index in [1.807, 2.05) is 6.07 Å². The third-order valence-electron chi connectivity index (χ3n) is 3.33. The molecule has 1 N–H and O–H groups in total. The minimum atomic E-state index is -0.0164. The SMILES string of the molecule is C=CCNC(=O)C[C@@H]1CN(Cc2ccccc2)CCO1. The Labute approximate surface area is 120 Å². The molecule has 0 radical (unpaired) electrons. The van der Waals surface area contributed by atoms with Crippen LogP contribution in [0.1, 0.15) is 12.0 Å². The lowest BCUT2D eigenvalue weighted by atomic mass is 10.1. The van der Waals surface area contributed by atoms with Crippen molar-refractivity contribution in [3.05, 3.63) is 48.6 Å². The smallest absolute Gasteiger partial charge is 0.222 e. The third kappa shape index (κ3) is 4.79. The van der Waals surface area contributed by atoms with Crippen molar-refractivity contribution < 1.29 is 9.53 Å². The minimum absolute atomic E-state index is 0.0164. The van der Waals surface area contributed by atoms with Gasteiger partial charge in [-0.3, -0.25) is 9.69 Å². The quantitative estimate of drug-likeness (QED) is 0.801. The van der Waals surface area contributed by atoms with E-state index in [9.17, 15) is 4.79 Å². The minimum Gasteiger partial charge on any atom is -0.375 e. The van der Waals surface area contributed by atoms with Crippen LogP contribution in [0.3, 0.4) is 0 Å². The van der Waals surface area contributed by atoms with Crippen LogP contribution in [0.5, 0.6) is 0 Å². The first-order chi connectivity index (χ1) is 9.78. The van der Waals surface area contributed by atoms with Crippen LogP contribution in [0.2, 0.25) is 0 Å². The number of morpholine rings is 1. The van der Waals surface area contributed by atoms with Crippen molar-refractivity contribution in [3.63, 3.8) is 0 Å². The summed E-state index contributed by atoms with van der Waals surface area (Å²) in [6.45, 7) is 7.41. The lowest BCUT2D eigenvalue weighted by Gasteiger charge is -2.32. The number of benzene rings is 1. The summed E-state index contributed by atoms with van der Waals surface area (Å²) in [6, 6.07) is 10.4. The summed E-state index contributed by atoms with van der Waals surface area (Å²) in [4.78, 5) is 14.0. The average molecular weight is 274 g/mol. The lowest BCUT2D eigenvalue weighted by Crippen LogP contribution is -2.44. The zero-order valence-corrected chi connectivity index (χ0v) is 11.8.